The second-order valence-corrected chi connectivity index (χ2v) is 10.5. The number of ether oxygens (including phenoxy) is 2. The number of benzene rings is 3. The van der Waals surface area contributed by atoms with Crippen LogP contribution in [-0.2, 0) is 5.41 Å². The summed E-state index contributed by atoms with van der Waals surface area (Å²) in [4.78, 5) is 0. The third kappa shape index (κ3) is 4.26. The lowest BCUT2D eigenvalue weighted by Crippen LogP contribution is -2.33. The molecule has 0 fully saturated rings. The second kappa shape index (κ2) is 8.53. The highest BCUT2D eigenvalue weighted by atomic mass is 79.9. The molecule has 170 valence electrons. The molecule has 0 N–H and O–H groups in total. The Morgan fingerprint density at radius 2 is 1.76 bits per heavy atom. The highest BCUT2D eigenvalue weighted by Gasteiger charge is 2.41. The van der Waals surface area contributed by atoms with Crippen LogP contribution in [0.3, 0.4) is 0 Å². The first-order valence-electron chi connectivity index (χ1n) is 11.5. The van der Waals surface area contributed by atoms with Gasteiger partial charge in [0.05, 0.1) is 18.4 Å². The third-order valence-electron chi connectivity index (χ3n) is 6.31. The highest BCUT2D eigenvalue weighted by molar-refractivity contribution is 9.10. The van der Waals surface area contributed by atoms with E-state index in [1.165, 1.54) is 5.56 Å². The second-order valence-electron chi connectivity index (χ2n) is 9.63. The lowest BCUT2D eigenvalue weighted by molar-refractivity contribution is -0.0191. The zero-order valence-corrected chi connectivity index (χ0v) is 21.1. The van der Waals surface area contributed by atoms with E-state index < -0.39 is 0 Å². The summed E-state index contributed by atoms with van der Waals surface area (Å²) in [6.45, 7) is 9.36. The van der Waals surface area contributed by atoms with Crippen LogP contribution in [0.25, 0.3) is 0 Å². The van der Waals surface area contributed by atoms with Crippen molar-refractivity contribution >= 4 is 21.6 Å². The van der Waals surface area contributed by atoms with Gasteiger partial charge in [-0.15, -0.1) is 0 Å². The maximum absolute atomic E-state index is 6.53. The van der Waals surface area contributed by atoms with Crippen LogP contribution < -0.4 is 9.47 Å². The maximum atomic E-state index is 6.53. The first-order valence-corrected chi connectivity index (χ1v) is 12.3. The van der Waals surface area contributed by atoms with Crippen LogP contribution in [0.4, 0.5) is 0 Å². The quantitative estimate of drug-likeness (QED) is 0.371. The molecule has 0 bridgehead atoms. The fourth-order valence-corrected chi connectivity index (χ4v) is 4.89. The Kier molecular flexibility index (Phi) is 5.69. The third-order valence-corrected chi connectivity index (χ3v) is 6.81. The monoisotopic (exact) mass is 504 g/mol. The summed E-state index contributed by atoms with van der Waals surface area (Å²) in [5.41, 5.74) is 5.87. The van der Waals surface area contributed by atoms with E-state index in [2.05, 4.69) is 90.2 Å². The molecule has 5 heteroatoms. The zero-order valence-electron chi connectivity index (χ0n) is 19.5. The van der Waals surface area contributed by atoms with Gasteiger partial charge in [0.15, 0.2) is 0 Å². The lowest BCUT2D eigenvalue weighted by Gasteiger charge is -2.38. The first-order chi connectivity index (χ1) is 15.8. The molecule has 2 aliphatic rings. The van der Waals surface area contributed by atoms with Crippen molar-refractivity contribution in [1.29, 1.82) is 0 Å². The van der Waals surface area contributed by atoms with Gasteiger partial charge < -0.3 is 9.47 Å². The Bertz CT molecular complexity index is 1180. The van der Waals surface area contributed by atoms with Crippen LogP contribution in [-0.4, -0.2) is 17.3 Å². The largest absolute Gasteiger partial charge is 0.494 e. The molecule has 0 spiro atoms. The van der Waals surface area contributed by atoms with Crippen LogP contribution >= 0.6 is 15.9 Å². The minimum atomic E-state index is -0.266. The van der Waals surface area contributed by atoms with Crippen molar-refractivity contribution in [3.05, 3.63) is 93.5 Å². The normalized spacial score (nSPS) is 19.4. The average molecular weight is 505 g/mol. The SMILES string of the molecule is CCOc1ccc(C2=NN3[C@@H](c4ccc(C(C)(C)C)cc4)Oc4ccc(Br)cc4[C@@H]3C2)cc1. The van der Waals surface area contributed by atoms with E-state index in [0.717, 1.165) is 44.8 Å². The number of hydrogen-bond acceptors (Lipinski definition) is 4. The summed E-state index contributed by atoms with van der Waals surface area (Å²) in [7, 11) is 0. The molecule has 33 heavy (non-hydrogen) atoms. The van der Waals surface area contributed by atoms with Crippen molar-refractivity contribution < 1.29 is 9.47 Å². The molecule has 0 radical (unpaired) electrons. The molecule has 3 aromatic carbocycles. The molecular formula is C28H29BrN2O2. The first kappa shape index (κ1) is 22.0. The number of hydrazone groups is 1. The molecule has 3 aromatic rings. The molecule has 0 saturated heterocycles. The van der Waals surface area contributed by atoms with E-state index in [-0.39, 0.29) is 17.7 Å². The average Bonchev–Trinajstić information content (AvgIpc) is 3.25. The van der Waals surface area contributed by atoms with Gasteiger partial charge in [0.2, 0.25) is 6.23 Å². The molecule has 0 aromatic heterocycles. The molecular weight excluding hydrogens is 476 g/mol. The van der Waals surface area contributed by atoms with Crippen molar-refractivity contribution in [2.24, 2.45) is 5.10 Å². The Hall–Kier alpha value is -2.79. The molecule has 2 atom stereocenters. The molecule has 0 aliphatic carbocycles. The van der Waals surface area contributed by atoms with Gasteiger partial charge in [-0.25, -0.2) is 5.01 Å². The van der Waals surface area contributed by atoms with Crippen LogP contribution in [0.5, 0.6) is 11.5 Å². The van der Waals surface area contributed by atoms with Gasteiger partial charge in [0.25, 0.3) is 0 Å². The van der Waals surface area contributed by atoms with Gasteiger partial charge in [0, 0.05) is 22.0 Å². The molecule has 2 heterocycles. The summed E-state index contributed by atoms with van der Waals surface area (Å²) < 4.78 is 13.2. The summed E-state index contributed by atoms with van der Waals surface area (Å²) in [5, 5.41) is 7.21. The zero-order chi connectivity index (χ0) is 23.2. The Morgan fingerprint density at radius 3 is 2.42 bits per heavy atom. The minimum Gasteiger partial charge on any atom is -0.494 e. The summed E-state index contributed by atoms with van der Waals surface area (Å²) in [5.74, 6) is 1.81. The van der Waals surface area contributed by atoms with Gasteiger partial charge >= 0.3 is 0 Å². The number of nitrogens with zero attached hydrogens (tertiary/aromatic N) is 2. The van der Waals surface area contributed by atoms with Crippen molar-refractivity contribution in [3.63, 3.8) is 0 Å². The van der Waals surface area contributed by atoms with E-state index in [9.17, 15) is 0 Å². The van der Waals surface area contributed by atoms with Crippen molar-refractivity contribution in [3.8, 4) is 11.5 Å². The van der Waals surface area contributed by atoms with E-state index in [1.54, 1.807) is 0 Å². The highest BCUT2D eigenvalue weighted by Crippen LogP contribution is 2.48. The smallest absolute Gasteiger partial charge is 0.213 e. The molecule has 4 nitrogen and oxygen atoms in total. The molecule has 2 aliphatic heterocycles. The van der Waals surface area contributed by atoms with E-state index in [0.29, 0.717) is 6.61 Å². The van der Waals surface area contributed by atoms with Crippen molar-refractivity contribution in [1.82, 2.24) is 5.01 Å². The summed E-state index contributed by atoms with van der Waals surface area (Å²) in [6.07, 6.45) is 0.565. The number of halogens is 1. The summed E-state index contributed by atoms with van der Waals surface area (Å²) in [6, 6.07) is 23.4. The van der Waals surface area contributed by atoms with Crippen LogP contribution in [0, 0.1) is 0 Å². The lowest BCUT2D eigenvalue weighted by atomic mass is 9.86. The number of fused-ring (bicyclic) bond motifs is 3. The van der Waals surface area contributed by atoms with E-state index in [1.807, 2.05) is 25.1 Å². The van der Waals surface area contributed by atoms with Crippen LogP contribution in [0.15, 0.2) is 76.3 Å². The molecule has 0 unspecified atom stereocenters. The van der Waals surface area contributed by atoms with Crippen LogP contribution in [0.1, 0.15) is 68.6 Å². The fraction of sp³-hybridized carbons (Fsp3) is 0.321. The molecule has 5 rings (SSSR count). The van der Waals surface area contributed by atoms with Crippen molar-refractivity contribution in [2.45, 2.75) is 51.8 Å². The topological polar surface area (TPSA) is 34.1 Å². The Morgan fingerprint density at radius 1 is 1.03 bits per heavy atom. The predicted molar refractivity (Wildman–Crippen MR) is 136 cm³/mol. The van der Waals surface area contributed by atoms with Gasteiger partial charge in [0.1, 0.15) is 11.5 Å². The number of hydrogen-bond donors (Lipinski definition) is 0. The fourth-order valence-electron chi connectivity index (χ4n) is 4.51. The molecule has 0 saturated carbocycles. The Labute approximate surface area is 204 Å². The molecule has 0 amide bonds. The minimum absolute atomic E-state index is 0.111. The van der Waals surface area contributed by atoms with Crippen LogP contribution in [0.2, 0.25) is 0 Å². The standard InChI is InChI=1S/C28H29BrN2O2/c1-5-32-22-13-8-18(9-14-22)24-17-25-23-16-21(29)12-15-26(23)33-27(31(25)30-24)19-6-10-20(11-7-19)28(2,3)4/h6-16,25,27H,5,17H2,1-4H3/t25-,27+/m0/s1. The van der Waals surface area contributed by atoms with E-state index in [4.69, 9.17) is 14.6 Å². The predicted octanol–water partition coefficient (Wildman–Crippen LogP) is 7.39. The van der Waals surface area contributed by atoms with E-state index >= 15 is 0 Å². The number of rotatable bonds is 4. The van der Waals surface area contributed by atoms with Gasteiger partial charge in [-0.2, -0.15) is 5.10 Å². The Balaban J connectivity index is 1.52. The van der Waals surface area contributed by atoms with Crippen molar-refractivity contribution in [2.75, 3.05) is 6.61 Å². The van der Waals surface area contributed by atoms with Gasteiger partial charge in [-0.1, -0.05) is 61.0 Å². The maximum Gasteiger partial charge on any atom is 0.213 e. The van der Waals surface area contributed by atoms with Gasteiger partial charge in [-0.05, 0) is 65.9 Å². The van der Waals surface area contributed by atoms with Gasteiger partial charge in [-0.3, -0.25) is 0 Å². The summed E-state index contributed by atoms with van der Waals surface area (Å²) >= 11 is 3.63.